The molecule has 2 heterocycles. The highest BCUT2D eigenvalue weighted by Crippen LogP contribution is 2.17. The number of aliphatic imine (C=N–C) groups is 1. The number of likely N-dealkylation sites (tertiary alicyclic amines) is 1. The molecule has 1 aromatic carbocycles. The molecule has 156 valence electrons. The van der Waals surface area contributed by atoms with Crippen LogP contribution in [0, 0.1) is 5.92 Å². The van der Waals surface area contributed by atoms with Crippen LogP contribution in [0.5, 0.6) is 0 Å². The van der Waals surface area contributed by atoms with Crippen molar-refractivity contribution >= 4 is 5.96 Å². The van der Waals surface area contributed by atoms with Crippen molar-refractivity contribution < 1.29 is 4.74 Å². The van der Waals surface area contributed by atoms with Crippen molar-refractivity contribution in [3.63, 3.8) is 0 Å². The molecule has 0 aromatic heterocycles. The summed E-state index contributed by atoms with van der Waals surface area (Å²) >= 11 is 0. The molecule has 0 spiro atoms. The van der Waals surface area contributed by atoms with E-state index in [1.807, 2.05) is 0 Å². The molecular formula is C23H38N4O. The Bertz CT molecular complexity index is 604. The van der Waals surface area contributed by atoms with E-state index in [0.29, 0.717) is 5.92 Å². The Labute approximate surface area is 171 Å². The van der Waals surface area contributed by atoms with Gasteiger partial charge in [0.1, 0.15) is 0 Å². The van der Waals surface area contributed by atoms with Crippen LogP contribution in [0.25, 0.3) is 0 Å². The van der Waals surface area contributed by atoms with E-state index in [-0.39, 0.29) is 0 Å². The maximum atomic E-state index is 5.53. The lowest BCUT2D eigenvalue weighted by Crippen LogP contribution is -2.41. The van der Waals surface area contributed by atoms with Gasteiger partial charge in [-0.1, -0.05) is 37.1 Å². The van der Waals surface area contributed by atoms with E-state index in [1.165, 1.54) is 49.9 Å². The van der Waals surface area contributed by atoms with Crippen molar-refractivity contribution in [2.75, 3.05) is 46.4 Å². The van der Waals surface area contributed by atoms with Crippen molar-refractivity contribution in [1.82, 2.24) is 15.1 Å². The molecule has 2 saturated heterocycles. The summed E-state index contributed by atoms with van der Waals surface area (Å²) in [6.45, 7) is 10.0. The molecule has 2 aliphatic heterocycles. The van der Waals surface area contributed by atoms with Gasteiger partial charge in [0.25, 0.3) is 0 Å². The standard InChI is InChI=1S/C23H38N4O/c1-3-24-23(26(2)17-20-12-15-28-19-20)25-16-21-10-6-7-11-22(21)18-27-13-8-4-5-9-14-27/h6-7,10-11,20H,3-5,8-9,12-19H2,1-2H3,(H,24,25). The highest BCUT2D eigenvalue weighted by Gasteiger charge is 2.19. The fraction of sp³-hybridized carbons (Fsp3) is 0.696. The van der Waals surface area contributed by atoms with Gasteiger partial charge in [-0.3, -0.25) is 4.90 Å². The van der Waals surface area contributed by atoms with Crippen molar-refractivity contribution in [1.29, 1.82) is 0 Å². The quantitative estimate of drug-likeness (QED) is 0.575. The molecule has 5 heteroatoms. The van der Waals surface area contributed by atoms with Crippen LogP contribution in [0.1, 0.15) is 50.2 Å². The van der Waals surface area contributed by atoms with Crippen LogP contribution in [0.3, 0.4) is 0 Å². The molecule has 0 amide bonds. The lowest BCUT2D eigenvalue weighted by Gasteiger charge is -2.25. The Morgan fingerprint density at radius 2 is 1.93 bits per heavy atom. The molecule has 5 nitrogen and oxygen atoms in total. The minimum Gasteiger partial charge on any atom is -0.381 e. The van der Waals surface area contributed by atoms with E-state index in [4.69, 9.17) is 9.73 Å². The lowest BCUT2D eigenvalue weighted by molar-refractivity contribution is 0.181. The van der Waals surface area contributed by atoms with Crippen LogP contribution < -0.4 is 5.32 Å². The lowest BCUT2D eigenvalue weighted by atomic mass is 10.1. The summed E-state index contributed by atoms with van der Waals surface area (Å²) in [6.07, 6.45) is 6.59. The summed E-state index contributed by atoms with van der Waals surface area (Å²) in [5, 5.41) is 3.46. The Morgan fingerprint density at radius 1 is 1.18 bits per heavy atom. The van der Waals surface area contributed by atoms with Gasteiger partial charge in [-0.25, -0.2) is 4.99 Å². The molecule has 3 rings (SSSR count). The molecule has 1 N–H and O–H groups in total. The summed E-state index contributed by atoms with van der Waals surface area (Å²) in [5.74, 6) is 1.61. The van der Waals surface area contributed by atoms with Crippen molar-refractivity contribution in [2.45, 2.75) is 52.1 Å². The normalized spacial score (nSPS) is 21.5. The smallest absolute Gasteiger partial charge is 0.193 e. The van der Waals surface area contributed by atoms with Crippen LogP contribution in [0.15, 0.2) is 29.3 Å². The fourth-order valence-corrected chi connectivity index (χ4v) is 4.23. The van der Waals surface area contributed by atoms with E-state index < -0.39 is 0 Å². The van der Waals surface area contributed by atoms with Gasteiger partial charge in [0.15, 0.2) is 5.96 Å². The molecule has 0 radical (unpaired) electrons. The average molecular weight is 387 g/mol. The largest absolute Gasteiger partial charge is 0.381 e. The van der Waals surface area contributed by atoms with Crippen LogP contribution in [0.2, 0.25) is 0 Å². The van der Waals surface area contributed by atoms with E-state index in [0.717, 1.165) is 51.8 Å². The summed E-state index contributed by atoms with van der Waals surface area (Å²) in [5.41, 5.74) is 2.77. The summed E-state index contributed by atoms with van der Waals surface area (Å²) in [6, 6.07) is 8.83. The fourth-order valence-electron chi connectivity index (χ4n) is 4.23. The SMILES string of the molecule is CCNC(=NCc1ccccc1CN1CCCCCC1)N(C)CC1CCOC1. The minimum absolute atomic E-state index is 0.615. The Balaban J connectivity index is 1.64. The minimum atomic E-state index is 0.615. The predicted molar refractivity (Wildman–Crippen MR) is 117 cm³/mol. The number of hydrogen-bond donors (Lipinski definition) is 1. The predicted octanol–water partition coefficient (Wildman–Crippen LogP) is 3.50. The van der Waals surface area contributed by atoms with Gasteiger partial charge in [-0.2, -0.15) is 0 Å². The molecule has 1 unspecified atom stereocenters. The van der Waals surface area contributed by atoms with Gasteiger partial charge in [-0.15, -0.1) is 0 Å². The number of nitrogens with zero attached hydrogens (tertiary/aromatic N) is 3. The molecule has 0 aliphatic carbocycles. The number of nitrogens with one attached hydrogen (secondary N) is 1. The molecule has 0 bridgehead atoms. The van der Waals surface area contributed by atoms with Crippen LogP contribution >= 0.6 is 0 Å². The van der Waals surface area contributed by atoms with Gasteiger partial charge in [0.2, 0.25) is 0 Å². The van der Waals surface area contributed by atoms with Crippen molar-refractivity contribution in [3.8, 4) is 0 Å². The zero-order valence-electron chi connectivity index (χ0n) is 17.8. The van der Waals surface area contributed by atoms with Gasteiger partial charge in [-0.05, 0) is 50.4 Å². The third-order valence-electron chi connectivity index (χ3n) is 5.86. The second-order valence-electron chi connectivity index (χ2n) is 8.24. The molecule has 0 saturated carbocycles. The number of guanidine groups is 1. The third kappa shape index (κ3) is 6.49. The van der Waals surface area contributed by atoms with Crippen molar-refractivity contribution in [2.24, 2.45) is 10.9 Å². The molecule has 2 fully saturated rings. The first kappa shape index (κ1) is 21.1. The highest BCUT2D eigenvalue weighted by molar-refractivity contribution is 5.79. The first-order chi connectivity index (χ1) is 13.8. The van der Waals surface area contributed by atoms with Gasteiger partial charge in [0, 0.05) is 39.2 Å². The summed E-state index contributed by atoms with van der Waals surface area (Å²) < 4.78 is 5.53. The second-order valence-corrected chi connectivity index (χ2v) is 8.24. The topological polar surface area (TPSA) is 40.1 Å². The number of ether oxygens (including phenoxy) is 1. The van der Waals surface area contributed by atoms with Crippen LogP contribution in [-0.4, -0.2) is 62.2 Å². The molecule has 2 aliphatic rings. The van der Waals surface area contributed by atoms with Gasteiger partial charge in [0.05, 0.1) is 13.2 Å². The Hall–Kier alpha value is -1.59. The first-order valence-corrected chi connectivity index (χ1v) is 11.1. The molecular weight excluding hydrogens is 348 g/mol. The van der Waals surface area contributed by atoms with Crippen LogP contribution in [0.4, 0.5) is 0 Å². The van der Waals surface area contributed by atoms with Crippen molar-refractivity contribution in [3.05, 3.63) is 35.4 Å². The van der Waals surface area contributed by atoms with Crippen LogP contribution in [-0.2, 0) is 17.8 Å². The summed E-state index contributed by atoms with van der Waals surface area (Å²) in [7, 11) is 2.14. The van der Waals surface area contributed by atoms with E-state index in [9.17, 15) is 0 Å². The van der Waals surface area contributed by atoms with Gasteiger partial charge < -0.3 is 15.0 Å². The number of rotatable bonds is 7. The first-order valence-electron chi connectivity index (χ1n) is 11.1. The van der Waals surface area contributed by atoms with E-state index in [1.54, 1.807) is 0 Å². The molecule has 28 heavy (non-hydrogen) atoms. The Kier molecular flexibility index (Phi) is 8.62. The van der Waals surface area contributed by atoms with E-state index in [2.05, 4.69) is 53.4 Å². The highest BCUT2D eigenvalue weighted by atomic mass is 16.5. The zero-order chi connectivity index (χ0) is 19.6. The number of hydrogen-bond acceptors (Lipinski definition) is 3. The maximum absolute atomic E-state index is 5.53. The molecule has 1 atom stereocenters. The average Bonchev–Trinajstić information content (AvgIpc) is 3.08. The zero-order valence-corrected chi connectivity index (χ0v) is 17.8. The number of benzene rings is 1. The molecule has 1 aromatic rings. The monoisotopic (exact) mass is 386 g/mol. The summed E-state index contributed by atoms with van der Waals surface area (Å²) in [4.78, 5) is 9.85. The van der Waals surface area contributed by atoms with Gasteiger partial charge >= 0.3 is 0 Å². The Morgan fingerprint density at radius 3 is 2.61 bits per heavy atom. The second kappa shape index (κ2) is 11.4. The maximum Gasteiger partial charge on any atom is 0.193 e. The third-order valence-corrected chi connectivity index (χ3v) is 5.86. The van der Waals surface area contributed by atoms with E-state index >= 15 is 0 Å².